The summed E-state index contributed by atoms with van der Waals surface area (Å²) in [7, 11) is 0. The van der Waals surface area contributed by atoms with Gasteiger partial charge in [0.1, 0.15) is 0 Å². The van der Waals surface area contributed by atoms with Crippen LogP contribution in [0, 0.1) is 0 Å². The van der Waals surface area contributed by atoms with Crippen molar-refractivity contribution in [2.24, 2.45) is 0 Å². The zero-order valence-corrected chi connectivity index (χ0v) is 9.38. The molecular weight excluding hydrogens is 212 g/mol. The first-order chi connectivity index (χ1) is 7.04. The van der Waals surface area contributed by atoms with Crippen molar-refractivity contribution in [1.82, 2.24) is 0 Å². The molecule has 0 bridgehead atoms. The van der Waals surface area contributed by atoms with Gasteiger partial charge in [-0.3, -0.25) is 4.79 Å². The summed E-state index contributed by atoms with van der Waals surface area (Å²) in [5.74, 6) is -0.974. The highest BCUT2D eigenvalue weighted by Gasteiger charge is 2.09. The van der Waals surface area contributed by atoms with Crippen LogP contribution in [0.25, 0.3) is 0 Å². The van der Waals surface area contributed by atoms with Crippen molar-refractivity contribution in [3.8, 4) is 0 Å². The number of benzene rings is 1. The van der Waals surface area contributed by atoms with Crippen molar-refractivity contribution >= 4 is 24.0 Å². The maximum atomic E-state index is 10.7. The largest absolute Gasteiger partial charge is 0.478 e. The lowest BCUT2D eigenvalue weighted by Gasteiger charge is -2.08. The molecule has 0 aliphatic heterocycles. The molecule has 1 aromatic rings. The topological polar surface area (TPSA) is 54.4 Å². The minimum absolute atomic E-state index is 0.212. The standard InChI is InChI=1S/C11H12O3S/c1-7(2)15-10-5-8(11(13)14)3-4-9(10)6-12/h3-7H,1-2H3,(H,13,14). The summed E-state index contributed by atoms with van der Waals surface area (Å²) >= 11 is 1.49. The van der Waals surface area contributed by atoms with Crippen LogP contribution in [0.5, 0.6) is 0 Å². The third-order valence-electron chi connectivity index (χ3n) is 1.75. The van der Waals surface area contributed by atoms with Gasteiger partial charge in [0, 0.05) is 15.7 Å². The summed E-state index contributed by atoms with van der Waals surface area (Å²) in [6.45, 7) is 3.99. The van der Waals surface area contributed by atoms with Gasteiger partial charge < -0.3 is 5.11 Å². The molecule has 0 saturated carbocycles. The first-order valence-electron chi connectivity index (χ1n) is 4.53. The summed E-state index contributed by atoms with van der Waals surface area (Å²) in [6.07, 6.45) is 0.746. The lowest BCUT2D eigenvalue weighted by atomic mass is 10.1. The Morgan fingerprint density at radius 1 is 1.47 bits per heavy atom. The van der Waals surface area contributed by atoms with Crippen LogP contribution in [0.15, 0.2) is 23.1 Å². The van der Waals surface area contributed by atoms with E-state index in [1.54, 1.807) is 6.07 Å². The molecule has 0 aromatic heterocycles. The van der Waals surface area contributed by atoms with Crippen LogP contribution < -0.4 is 0 Å². The predicted octanol–water partition coefficient (Wildman–Crippen LogP) is 2.70. The van der Waals surface area contributed by atoms with Gasteiger partial charge in [0.15, 0.2) is 6.29 Å². The van der Waals surface area contributed by atoms with E-state index in [9.17, 15) is 9.59 Å². The molecule has 1 N–H and O–H groups in total. The van der Waals surface area contributed by atoms with E-state index < -0.39 is 5.97 Å². The third-order valence-corrected chi connectivity index (χ3v) is 2.83. The average Bonchev–Trinajstić information content (AvgIpc) is 2.16. The van der Waals surface area contributed by atoms with E-state index in [4.69, 9.17) is 5.11 Å². The van der Waals surface area contributed by atoms with E-state index in [0.717, 1.165) is 11.2 Å². The number of thioether (sulfide) groups is 1. The number of carbonyl (C=O) groups is 2. The first-order valence-corrected chi connectivity index (χ1v) is 5.41. The van der Waals surface area contributed by atoms with Crippen LogP contribution in [0.2, 0.25) is 0 Å². The van der Waals surface area contributed by atoms with Crippen LogP contribution >= 0.6 is 11.8 Å². The minimum Gasteiger partial charge on any atom is -0.478 e. The van der Waals surface area contributed by atoms with Crippen LogP contribution in [0.3, 0.4) is 0 Å². The summed E-state index contributed by atoms with van der Waals surface area (Å²) in [4.78, 5) is 22.2. The Morgan fingerprint density at radius 2 is 2.13 bits per heavy atom. The first kappa shape index (κ1) is 11.8. The van der Waals surface area contributed by atoms with E-state index in [2.05, 4.69) is 0 Å². The predicted molar refractivity (Wildman–Crippen MR) is 59.8 cm³/mol. The van der Waals surface area contributed by atoms with E-state index >= 15 is 0 Å². The summed E-state index contributed by atoms with van der Waals surface area (Å²) in [5, 5.41) is 9.12. The normalized spacial score (nSPS) is 10.3. The quantitative estimate of drug-likeness (QED) is 0.631. The van der Waals surface area contributed by atoms with Crippen molar-refractivity contribution in [2.45, 2.75) is 24.0 Å². The monoisotopic (exact) mass is 224 g/mol. The zero-order chi connectivity index (χ0) is 11.4. The second-order valence-electron chi connectivity index (χ2n) is 3.34. The lowest BCUT2D eigenvalue weighted by Crippen LogP contribution is -1.99. The zero-order valence-electron chi connectivity index (χ0n) is 8.56. The molecule has 15 heavy (non-hydrogen) atoms. The molecule has 0 saturated heterocycles. The molecule has 3 nitrogen and oxygen atoms in total. The minimum atomic E-state index is -0.974. The highest BCUT2D eigenvalue weighted by atomic mass is 32.2. The SMILES string of the molecule is CC(C)Sc1cc(C(=O)O)ccc1C=O. The van der Waals surface area contributed by atoms with Gasteiger partial charge in [-0.15, -0.1) is 11.8 Å². The molecule has 0 unspecified atom stereocenters. The molecule has 4 heteroatoms. The van der Waals surface area contributed by atoms with Crippen molar-refractivity contribution in [1.29, 1.82) is 0 Å². The number of hydrogen-bond donors (Lipinski definition) is 1. The van der Waals surface area contributed by atoms with Gasteiger partial charge in [0.2, 0.25) is 0 Å². The number of hydrogen-bond acceptors (Lipinski definition) is 3. The number of aromatic carboxylic acids is 1. The molecule has 0 spiro atoms. The maximum Gasteiger partial charge on any atom is 0.335 e. The van der Waals surface area contributed by atoms with Gasteiger partial charge in [0.25, 0.3) is 0 Å². The fraction of sp³-hybridized carbons (Fsp3) is 0.273. The number of carbonyl (C=O) groups excluding carboxylic acids is 1. The van der Waals surface area contributed by atoms with Gasteiger partial charge in [-0.05, 0) is 18.2 Å². The van der Waals surface area contributed by atoms with Crippen LogP contribution in [-0.4, -0.2) is 22.6 Å². The number of rotatable bonds is 4. The highest BCUT2D eigenvalue weighted by molar-refractivity contribution is 8.00. The number of aldehydes is 1. The summed E-state index contributed by atoms with van der Waals surface area (Å²) < 4.78 is 0. The Morgan fingerprint density at radius 3 is 2.60 bits per heavy atom. The van der Waals surface area contributed by atoms with Crippen LogP contribution in [0.4, 0.5) is 0 Å². The molecule has 1 aromatic carbocycles. The third kappa shape index (κ3) is 3.09. The number of carboxylic acids is 1. The second kappa shape index (κ2) is 4.98. The molecule has 0 aliphatic carbocycles. The van der Waals surface area contributed by atoms with E-state index in [1.807, 2.05) is 13.8 Å². The maximum absolute atomic E-state index is 10.7. The Labute approximate surface area is 92.5 Å². The van der Waals surface area contributed by atoms with Gasteiger partial charge in [0.05, 0.1) is 5.56 Å². The van der Waals surface area contributed by atoms with Crippen LogP contribution in [-0.2, 0) is 0 Å². The molecule has 0 atom stereocenters. The molecule has 0 radical (unpaired) electrons. The highest BCUT2D eigenvalue weighted by Crippen LogP contribution is 2.26. The molecule has 0 heterocycles. The van der Waals surface area contributed by atoms with Gasteiger partial charge in [-0.2, -0.15) is 0 Å². The smallest absolute Gasteiger partial charge is 0.335 e. The van der Waals surface area contributed by atoms with Crippen molar-refractivity contribution in [2.75, 3.05) is 0 Å². The summed E-state index contributed by atoms with van der Waals surface area (Å²) in [5.41, 5.74) is 0.752. The molecule has 0 aliphatic rings. The van der Waals surface area contributed by atoms with Gasteiger partial charge in [-0.1, -0.05) is 13.8 Å². The molecular formula is C11H12O3S. The molecule has 80 valence electrons. The molecule has 1 rings (SSSR count). The fourth-order valence-corrected chi connectivity index (χ4v) is 2.08. The molecule has 0 amide bonds. The fourth-order valence-electron chi connectivity index (χ4n) is 1.12. The average molecular weight is 224 g/mol. The van der Waals surface area contributed by atoms with E-state index in [0.29, 0.717) is 10.8 Å². The Kier molecular flexibility index (Phi) is 3.91. The molecule has 0 fully saturated rings. The lowest BCUT2D eigenvalue weighted by molar-refractivity contribution is 0.0696. The van der Waals surface area contributed by atoms with Crippen LogP contribution in [0.1, 0.15) is 34.6 Å². The Hall–Kier alpha value is -1.29. The van der Waals surface area contributed by atoms with E-state index in [1.165, 1.54) is 23.9 Å². The van der Waals surface area contributed by atoms with Crippen molar-refractivity contribution in [3.63, 3.8) is 0 Å². The summed E-state index contributed by atoms with van der Waals surface area (Å²) in [6, 6.07) is 4.52. The second-order valence-corrected chi connectivity index (χ2v) is 4.96. The van der Waals surface area contributed by atoms with E-state index in [-0.39, 0.29) is 5.56 Å². The van der Waals surface area contributed by atoms with Gasteiger partial charge in [-0.25, -0.2) is 4.79 Å². The number of carboxylic acid groups (broad SMARTS) is 1. The Bertz CT molecular complexity index is 385. The van der Waals surface area contributed by atoms with Crippen molar-refractivity contribution < 1.29 is 14.7 Å². The van der Waals surface area contributed by atoms with Crippen molar-refractivity contribution in [3.05, 3.63) is 29.3 Å². The Balaban J connectivity index is 3.12. The van der Waals surface area contributed by atoms with Gasteiger partial charge >= 0.3 is 5.97 Å².